The SMILES string of the molecule is CCCCCn1cc(-c2ccc3c(c2)C(=O)CC3)cn1. The summed E-state index contributed by atoms with van der Waals surface area (Å²) in [6.07, 6.45) is 9.16. The minimum atomic E-state index is 0.275. The number of benzene rings is 1. The summed E-state index contributed by atoms with van der Waals surface area (Å²) in [4.78, 5) is 11.8. The Morgan fingerprint density at radius 1 is 1.20 bits per heavy atom. The average molecular weight is 268 g/mol. The molecule has 0 N–H and O–H groups in total. The van der Waals surface area contributed by atoms with Gasteiger partial charge in [-0.3, -0.25) is 9.48 Å². The molecule has 0 atom stereocenters. The van der Waals surface area contributed by atoms with E-state index in [1.165, 1.54) is 24.8 Å². The van der Waals surface area contributed by atoms with Crippen LogP contribution in [0.4, 0.5) is 0 Å². The van der Waals surface area contributed by atoms with Gasteiger partial charge in [-0.1, -0.05) is 31.9 Å². The molecule has 0 saturated heterocycles. The first-order valence-corrected chi connectivity index (χ1v) is 7.47. The first-order chi connectivity index (χ1) is 9.78. The quantitative estimate of drug-likeness (QED) is 0.772. The van der Waals surface area contributed by atoms with Crippen molar-refractivity contribution in [3.63, 3.8) is 0 Å². The number of carbonyl (C=O) groups is 1. The summed E-state index contributed by atoms with van der Waals surface area (Å²) in [5, 5.41) is 4.41. The van der Waals surface area contributed by atoms with Crippen molar-refractivity contribution in [1.82, 2.24) is 9.78 Å². The van der Waals surface area contributed by atoms with Gasteiger partial charge in [0.05, 0.1) is 6.20 Å². The number of hydrogen-bond donors (Lipinski definition) is 0. The van der Waals surface area contributed by atoms with Gasteiger partial charge in [0.15, 0.2) is 5.78 Å². The van der Waals surface area contributed by atoms with Crippen LogP contribution in [0.1, 0.15) is 48.5 Å². The largest absolute Gasteiger partial charge is 0.294 e. The summed E-state index contributed by atoms with van der Waals surface area (Å²) >= 11 is 0. The lowest BCUT2D eigenvalue weighted by Crippen LogP contribution is -1.97. The summed E-state index contributed by atoms with van der Waals surface area (Å²) in [5.41, 5.74) is 4.29. The van der Waals surface area contributed by atoms with E-state index in [-0.39, 0.29) is 5.78 Å². The van der Waals surface area contributed by atoms with Crippen molar-refractivity contribution in [1.29, 1.82) is 0 Å². The summed E-state index contributed by atoms with van der Waals surface area (Å²) in [6.45, 7) is 3.17. The van der Waals surface area contributed by atoms with Crippen LogP contribution in [0.3, 0.4) is 0 Å². The number of ketones is 1. The predicted octanol–water partition coefficient (Wildman–Crippen LogP) is 3.87. The zero-order valence-corrected chi connectivity index (χ0v) is 11.9. The average Bonchev–Trinajstić information content (AvgIpc) is 3.07. The van der Waals surface area contributed by atoms with Gasteiger partial charge >= 0.3 is 0 Å². The van der Waals surface area contributed by atoms with E-state index in [2.05, 4.69) is 30.4 Å². The van der Waals surface area contributed by atoms with Gasteiger partial charge in [-0.2, -0.15) is 5.10 Å². The van der Waals surface area contributed by atoms with Crippen LogP contribution < -0.4 is 0 Å². The van der Waals surface area contributed by atoms with Crippen molar-refractivity contribution in [3.8, 4) is 11.1 Å². The van der Waals surface area contributed by atoms with Crippen molar-refractivity contribution in [2.24, 2.45) is 0 Å². The lowest BCUT2D eigenvalue weighted by molar-refractivity contribution is 0.0994. The number of unbranched alkanes of at least 4 members (excludes halogenated alkanes) is 2. The van der Waals surface area contributed by atoms with Gasteiger partial charge < -0.3 is 0 Å². The zero-order chi connectivity index (χ0) is 13.9. The minimum Gasteiger partial charge on any atom is -0.294 e. The molecule has 0 amide bonds. The van der Waals surface area contributed by atoms with Crippen molar-refractivity contribution in [3.05, 3.63) is 41.7 Å². The molecule has 3 nitrogen and oxygen atoms in total. The molecule has 0 spiro atoms. The Balaban J connectivity index is 1.79. The van der Waals surface area contributed by atoms with Gasteiger partial charge in [-0.25, -0.2) is 0 Å². The monoisotopic (exact) mass is 268 g/mol. The topological polar surface area (TPSA) is 34.9 Å². The highest BCUT2D eigenvalue weighted by atomic mass is 16.1. The number of aromatic nitrogens is 2. The van der Waals surface area contributed by atoms with E-state index in [4.69, 9.17) is 0 Å². The maximum atomic E-state index is 11.8. The molecule has 3 heteroatoms. The molecule has 0 saturated carbocycles. The number of aryl methyl sites for hydroxylation is 2. The van der Waals surface area contributed by atoms with Crippen molar-refractivity contribution in [2.75, 3.05) is 0 Å². The molecule has 0 radical (unpaired) electrons. The standard InChI is InChI=1S/C17H20N2O/c1-2-3-4-9-19-12-15(11-18-19)14-6-5-13-7-8-17(20)16(13)10-14/h5-6,10-12H,2-4,7-9H2,1H3. The smallest absolute Gasteiger partial charge is 0.163 e. The molecular weight excluding hydrogens is 248 g/mol. The molecule has 3 rings (SSSR count). The van der Waals surface area contributed by atoms with E-state index < -0.39 is 0 Å². The van der Waals surface area contributed by atoms with E-state index in [1.54, 1.807) is 0 Å². The molecule has 1 aliphatic rings. The summed E-state index contributed by atoms with van der Waals surface area (Å²) in [7, 11) is 0. The lowest BCUT2D eigenvalue weighted by Gasteiger charge is -2.02. The van der Waals surface area contributed by atoms with Crippen molar-refractivity contribution < 1.29 is 4.79 Å². The molecule has 1 aliphatic carbocycles. The van der Waals surface area contributed by atoms with Gasteiger partial charge in [-0.15, -0.1) is 0 Å². The Labute approximate surface area is 119 Å². The molecule has 0 unspecified atom stereocenters. The first kappa shape index (κ1) is 13.1. The molecule has 1 aromatic carbocycles. The van der Waals surface area contributed by atoms with Crippen molar-refractivity contribution in [2.45, 2.75) is 45.6 Å². The van der Waals surface area contributed by atoms with E-state index in [0.29, 0.717) is 6.42 Å². The Morgan fingerprint density at radius 2 is 2.10 bits per heavy atom. The van der Waals surface area contributed by atoms with Crippen LogP contribution in [-0.2, 0) is 13.0 Å². The number of fused-ring (bicyclic) bond motifs is 1. The maximum Gasteiger partial charge on any atom is 0.163 e. The zero-order valence-electron chi connectivity index (χ0n) is 11.9. The van der Waals surface area contributed by atoms with E-state index in [1.807, 2.05) is 16.9 Å². The molecule has 2 aromatic rings. The van der Waals surface area contributed by atoms with Crippen LogP contribution in [-0.4, -0.2) is 15.6 Å². The van der Waals surface area contributed by atoms with Crippen LogP contribution in [0.15, 0.2) is 30.6 Å². The van der Waals surface area contributed by atoms with Gasteiger partial charge in [0.25, 0.3) is 0 Å². The first-order valence-electron chi connectivity index (χ1n) is 7.47. The Bertz CT molecular complexity index is 628. The number of nitrogens with zero attached hydrogens (tertiary/aromatic N) is 2. The Morgan fingerprint density at radius 3 is 2.95 bits per heavy atom. The molecule has 0 bridgehead atoms. The second-order valence-corrected chi connectivity index (χ2v) is 5.49. The fourth-order valence-electron chi connectivity index (χ4n) is 2.78. The van der Waals surface area contributed by atoms with Crippen molar-refractivity contribution >= 4 is 5.78 Å². The molecule has 1 heterocycles. The number of rotatable bonds is 5. The molecule has 104 valence electrons. The fraction of sp³-hybridized carbons (Fsp3) is 0.412. The summed E-state index contributed by atoms with van der Waals surface area (Å²) in [5.74, 6) is 0.275. The maximum absolute atomic E-state index is 11.8. The minimum absolute atomic E-state index is 0.275. The van der Waals surface area contributed by atoms with Crippen LogP contribution in [0.2, 0.25) is 0 Å². The molecule has 20 heavy (non-hydrogen) atoms. The van der Waals surface area contributed by atoms with Crippen LogP contribution in [0.5, 0.6) is 0 Å². The van der Waals surface area contributed by atoms with Gasteiger partial charge in [-0.05, 0) is 30.0 Å². The third kappa shape index (κ3) is 2.53. The van der Waals surface area contributed by atoms with Gasteiger partial charge in [0.2, 0.25) is 0 Å². The molecular formula is C17H20N2O. The summed E-state index contributed by atoms with van der Waals surface area (Å²) < 4.78 is 2.00. The van der Waals surface area contributed by atoms with E-state index in [0.717, 1.165) is 29.7 Å². The molecule has 0 fully saturated rings. The number of hydrogen-bond acceptors (Lipinski definition) is 2. The Kier molecular flexibility index (Phi) is 3.68. The van der Waals surface area contributed by atoms with Crippen LogP contribution in [0.25, 0.3) is 11.1 Å². The Hall–Kier alpha value is -1.90. The van der Waals surface area contributed by atoms with E-state index >= 15 is 0 Å². The van der Waals surface area contributed by atoms with Crippen LogP contribution >= 0.6 is 0 Å². The highest BCUT2D eigenvalue weighted by molar-refractivity contribution is 6.01. The number of carbonyl (C=O) groups excluding carboxylic acids is 1. The second kappa shape index (κ2) is 5.61. The third-order valence-corrected chi connectivity index (χ3v) is 3.99. The summed E-state index contributed by atoms with van der Waals surface area (Å²) in [6, 6.07) is 6.22. The fourth-order valence-corrected chi connectivity index (χ4v) is 2.78. The molecule has 0 aliphatic heterocycles. The highest BCUT2D eigenvalue weighted by Gasteiger charge is 2.19. The predicted molar refractivity (Wildman–Crippen MR) is 79.8 cm³/mol. The van der Waals surface area contributed by atoms with E-state index in [9.17, 15) is 4.79 Å². The number of Topliss-reactive ketones (excluding diaryl/α,β-unsaturated/α-hetero) is 1. The lowest BCUT2D eigenvalue weighted by atomic mass is 10.0. The third-order valence-electron chi connectivity index (χ3n) is 3.99. The van der Waals surface area contributed by atoms with Gasteiger partial charge in [0, 0.05) is 30.3 Å². The normalized spacial score (nSPS) is 13.8. The van der Waals surface area contributed by atoms with Crippen LogP contribution in [0, 0.1) is 0 Å². The second-order valence-electron chi connectivity index (χ2n) is 5.49. The molecule has 1 aromatic heterocycles. The van der Waals surface area contributed by atoms with Gasteiger partial charge in [0.1, 0.15) is 0 Å². The highest BCUT2D eigenvalue weighted by Crippen LogP contribution is 2.27.